The number of phenolic OH excluding ortho intramolecular Hbond substituents is 1. The van der Waals surface area contributed by atoms with Crippen molar-refractivity contribution in [3.63, 3.8) is 0 Å². The third kappa shape index (κ3) is 3.94. The first-order valence-electron chi connectivity index (χ1n) is 7.16. The van der Waals surface area contributed by atoms with E-state index in [-0.39, 0.29) is 30.3 Å². The molecule has 128 valence electrons. The van der Waals surface area contributed by atoms with Crippen LogP contribution in [0.1, 0.15) is 29.4 Å². The third-order valence-corrected chi connectivity index (χ3v) is 3.50. The van der Waals surface area contributed by atoms with Crippen LogP contribution in [-0.2, 0) is 20.9 Å². The molecule has 0 saturated carbocycles. The molecular formula is C17H18O7. The molecule has 0 aliphatic rings. The first kappa shape index (κ1) is 17.6. The molecule has 2 N–H and O–H groups in total. The maximum atomic E-state index is 12.0. The van der Waals surface area contributed by atoms with E-state index in [1.165, 1.54) is 26.4 Å². The van der Waals surface area contributed by atoms with E-state index in [0.717, 1.165) is 6.07 Å². The zero-order chi connectivity index (χ0) is 17.7. The highest BCUT2D eigenvalue weighted by Gasteiger charge is 2.26. The zero-order valence-corrected chi connectivity index (χ0v) is 13.3. The highest BCUT2D eigenvalue weighted by atomic mass is 16.5. The summed E-state index contributed by atoms with van der Waals surface area (Å²) in [4.78, 5) is 23.7. The first-order valence-corrected chi connectivity index (χ1v) is 7.16. The summed E-state index contributed by atoms with van der Waals surface area (Å²) in [5, 5.41) is 19.5. The Balaban J connectivity index is 2.56. The Bertz CT molecular complexity index is 761. The highest BCUT2D eigenvalue weighted by Crippen LogP contribution is 2.34. The maximum absolute atomic E-state index is 12.0. The van der Waals surface area contributed by atoms with Gasteiger partial charge in [-0.05, 0) is 17.7 Å². The Hall–Kier alpha value is -2.80. The maximum Gasteiger partial charge on any atom is 0.306 e. The lowest BCUT2D eigenvalue weighted by atomic mass is 9.92. The summed E-state index contributed by atoms with van der Waals surface area (Å²) >= 11 is 0. The molecule has 0 amide bonds. The number of rotatable bonds is 6. The first-order chi connectivity index (χ1) is 11.5. The lowest BCUT2D eigenvalue weighted by molar-refractivity contribution is -0.140. The zero-order valence-electron chi connectivity index (χ0n) is 13.3. The second kappa shape index (κ2) is 7.65. The van der Waals surface area contributed by atoms with Crippen molar-refractivity contribution in [2.45, 2.75) is 18.9 Å². The predicted octanol–water partition coefficient (Wildman–Crippen LogP) is 1.89. The number of esters is 1. The Morgan fingerprint density at radius 2 is 1.88 bits per heavy atom. The van der Waals surface area contributed by atoms with Crippen LogP contribution in [0.4, 0.5) is 0 Å². The Morgan fingerprint density at radius 1 is 1.21 bits per heavy atom. The minimum absolute atomic E-state index is 0.0447. The standard InChI is InChI=1S/C17H18O7/c1-22-9-12-7-14(19)16(21)17(24-12)13(8-15(20)23-2)10-3-5-11(18)6-4-10/h3-7,13,18,21H,8-9H2,1-2H3/t13-/m1/s1. The summed E-state index contributed by atoms with van der Waals surface area (Å²) in [5.74, 6) is -1.63. The number of benzene rings is 1. The number of hydrogen-bond acceptors (Lipinski definition) is 7. The molecule has 1 aromatic heterocycles. The normalized spacial score (nSPS) is 11.9. The average molecular weight is 334 g/mol. The number of methoxy groups -OCH3 is 2. The van der Waals surface area contributed by atoms with Crippen LogP contribution in [0.25, 0.3) is 0 Å². The van der Waals surface area contributed by atoms with Crippen molar-refractivity contribution in [2.24, 2.45) is 0 Å². The fraction of sp³-hybridized carbons (Fsp3) is 0.294. The number of hydrogen-bond donors (Lipinski definition) is 2. The van der Waals surface area contributed by atoms with Crippen molar-refractivity contribution in [1.29, 1.82) is 0 Å². The van der Waals surface area contributed by atoms with Crippen molar-refractivity contribution in [3.05, 3.63) is 57.6 Å². The summed E-state index contributed by atoms with van der Waals surface area (Å²) in [6.45, 7) is 0.0447. The van der Waals surface area contributed by atoms with Crippen LogP contribution in [-0.4, -0.2) is 30.4 Å². The third-order valence-electron chi connectivity index (χ3n) is 3.50. The molecule has 0 spiro atoms. The topological polar surface area (TPSA) is 106 Å². The molecule has 0 unspecified atom stereocenters. The Kier molecular flexibility index (Phi) is 5.59. The molecule has 0 aliphatic heterocycles. The van der Waals surface area contributed by atoms with E-state index < -0.39 is 23.1 Å². The fourth-order valence-electron chi connectivity index (χ4n) is 2.32. The molecule has 2 aromatic rings. The van der Waals surface area contributed by atoms with Gasteiger partial charge in [0.1, 0.15) is 18.1 Å². The van der Waals surface area contributed by atoms with Gasteiger partial charge in [-0.2, -0.15) is 0 Å². The number of carbonyl (C=O) groups is 1. The predicted molar refractivity (Wildman–Crippen MR) is 83.9 cm³/mol. The van der Waals surface area contributed by atoms with Gasteiger partial charge in [0, 0.05) is 13.2 Å². The number of ether oxygens (including phenoxy) is 2. The van der Waals surface area contributed by atoms with Crippen LogP contribution >= 0.6 is 0 Å². The molecule has 1 atom stereocenters. The summed E-state index contributed by atoms with van der Waals surface area (Å²) in [5.41, 5.74) is -0.0526. The van der Waals surface area contributed by atoms with Crippen LogP contribution in [0.5, 0.6) is 11.5 Å². The van der Waals surface area contributed by atoms with Crippen molar-refractivity contribution < 1.29 is 28.9 Å². The summed E-state index contributed by atoms with van der Waals surface area (Å²) in [7, 11) is 2.69. The quantitative estimate of drug-likeness (QED) is 0.777. The molecule has 1 aromatic carbocycles. The molecule has 7 heteroatoms. The Morgan fingerprint density at radius 3 is 2.46 bits per heavy atom. The van der Waals surface area contributed by atoms with E-state index in [1.54, 1.807) is 12.1 Å². The lowest BCUT2D eigenvalue weighted by Crippen LogP contribution is -2.14. The van der Waals surface area contributed by atoms with Crippen molar-refractivity contribution in [2.75, 3.05) is 14.2 Å². The molecule has 0 bridgehead atoms. The number of aromatic hydroxyl groups is 2. The smallest absolute Gasteiger partial charge is 0.306 e. The van der Waals surface area contributed by atoms with Gasteiger partial charge < -0.3 is 24.1 Å². The van der Waals surface area contributed by atoms with E-state index in [1.807, 2.05) is 0 Å². The monoisotopic (exact) mass is 334 g/mol. The van der Waals surface area contributed by atoms with E-state index >= 15 is 0 Å². The molecule has 0 saturated heterocycles. The number of carbonyl (C=O) groups excluding carboxylic acids is 1. The van der Waals surface area contributed by atoms with E-state index in [4.69, 9.17) is 9.15 Å². The van der Waals surface area contributed by atoms with Crippen molar-refractivity contribution >= 4 is 5.97 Å². The van der Waals surface area contributed by atoms with E-state index in [9.17, 15) is 19.8 Å². The Labute approximate surface area is 138 Å². The van der Waals surface area contributed by atoms with E-state index in [2.05, 4.69) is 4.74 Å². The summed E-state index contributed by atoms with van der Waals surface area (Å²) in [6, 6.07) is 7.16. The van der Waals surface area contributed by atoms with Crippen LogP contribution in [0.15, 0.2) is 39.5 Å². The highest BCUT2D eigenvalue weighted by molar-refractivity contribution is 5.71. The van der Waals surface area contributed by atoms with E-state index in [0.29, 0.717) is 5.56 Å². The van der Waals surface area contributed by atoms with Crippen LogP contribution in [0.2, 0.25) is 0 Å². The molecule has 2 rings (SSSR count). The molecule has 24 heavy (non-hydrogen) atoms. The lowest BCUT2D eigenvalue weighted by Gasteiger charge is -2.17. The largest absolute Gasteiger partial charge is 0.508 e. The second-order valence-corrected chi connectivity index (χ2v) is 5.15. The molecule has 7 nitrogen and oxygen atoms in total. The second-order valence-electron chi connectivity index (χ2n) is 5.15. The summed E-state index contributed by atoms with van der Waals surface area (Å²) in [6.07, 6.45) is -0.145. The van der Waals surface area contributed by atoms with Gasteiger partial charge in [0.25, 0.3) is 0 Å². The van der Waals surface area contributed by atoms with Crippen molar-refractivity contribution in [1.82, 2.24) is 0 Å². The van der Waals surface area contributed by atoms with Crippen LogP contribution in [0, 0.1) is 0 Å². The van der Waals surface area contributed by atoms with Gasteiger partial charge in [0.15, 0.2) is 5.76 Å². The number of phenols is 1. The van der Waals surface area contributed by atoms with Gasteiger partial charge in [-0.25, -0.2) is 0 Å². The van der Waals surface area contributed by atoms with Gasteiger partial charge in [-0.1, -0.05) is 12.1 Å². The van der Waals surface area contributed by atoms with Crippen LogP contribution in [0.3, 0.4) is 0 Å². The van der Waals surface area contributed by atoms with Gasteiger partial charge in [-0.3, -0.25) is 9.59 Å². The fourth-order valence-corrected chi connectivity index (χ4v) is 2.32. The molecule has 0 radical (unpaired) electrons. The summed E-state index contributed by atoms with van der Waals surface area (Å²) < 4.78 is 15.2. The molecule has 0 aliphatic carbocycles. The van der Waals surface area contributed by atoms with Crippen LogP contribution < -0.4 is 5.43 Å². The van der Waals surface area contributed by atoms with Gasteiger partial charge >= 0.3 is 5.97 Å². The molecular weight excluding hydrogens is 316 g/mol. The minimum atomic E-state index is -0.748. The average Bonchev–Trinajstić information content (AvgIpc) is 2.57. The SMILES string of the molecule is COCc1cc(=O)c(O)c([C@H](CC(=O)OC)c2ccc(O)cc2)o1. The van der Waals surface area contributed by atoms with Gasteiger partial charge in [0.2, 0.25) is 11.2 Å². The van der Waals surface area contributed by atoms with Gasteiger partial charge in [-0.15, -0.1) is 0 Å². The van der Waals surface area contributed by atoms with Gasteiger partial charge in [0.05, 0.1) is 19.4 Å². The molecule has 0 fully saturated rings. The van der Waals surface area contributed by atoms with Crippen molar-refractivity contribution in [3.8, 4) is 11.5 Å². The molecule has 1 heterocycles. The minimum Gasteiger partial charge on any atom is -0.508 e.